The van der Waals surface area contributed by atoms with Crippen LogP contribution in [0.25, 0.3) is 0 Å². The first-order chi connectivity index (χ1) is 10.6. The third-order valence-electron chi connectivity index (χ3n) is 3.24. The molecule has 22 heavy (non-hydrogen) atoms. The molecule has 2 heterocycles. The van der Waals surface area contributed by atoms with E-state index in [1.54, 1.807) is 17.0 Å². The van der Waals surface area contributed by atoms with Gasteiger partial charge >= 0.3 is 6.09 Å². The van der Waals surface area contributed by atoms with Crippen LogP contribution in [-0.4, -0.2) is 31.2 Å². The number of carbonyl (C=O) groups excluding carboxylic acids is 2. The summed E-state index contributed by atoms with van der Waals surface area (Å²) >= 11 is 4.81. The van der Waals surface area contributed by atoms with E-state index in [2.05, 4.69) is 21.2 Å². The molecule has 0 bridgehead atoms. The molecule has 1 unspecified atom stereocenters. The highest BCUT2D eigenvalue weighted by Crippen LogP contribution is 2.26. The summed E-state index contributed by atoms with van der Waals surface area (Å²) in [5, 5.41) is 5.55. The Balaban J connectivity index is 1.55. The fourth-order valence-corrected chi connectivity index (χ4v) is 3.14. The van der Waals surface area contributed by atoms with Gasteiger partial charge in [0.05, 0.1) is 13.1 Å². The van der Waals surface area contributed by atoms with Gasteiger partial charge < -0.3 is 10.1 Å². The van der Waals surface area contributed by atoms with Gasteiger partial charge in [-0.3, -0.25) is 9.69 Å². The molecule has 114 valence electrons. The Morgan fingerprint density at radius 1 is 1.36 bits per heavy atom. The summed E-state index contributed by atoms with van der Waals surface area (Å²) in [4.78, 5) is 25.4. The van der Waals surface area contributed by atoms with Gasteiger partial charge in [-0.1, -0.05) is 15.9 Å². The molecule has 1 atom stereocenters. The summed E-state index contributed by atoms with van der Waals surface area (Å²) in [6.07, 6.45) is -0.709. The van der Waals surface area contributed by atoms with Gasteiger partial charge in [0.15, 0.2) is 0 Å². The number of hydrogen-bond acceptors (Lipinski definition) is 4. The van der Waals surface area contributed by atoms with Gasteiger partial charge in [0.1, 0.15) is 11.1 Å². The lowest BCUT2D eigenvalue weighted by atomic mass is 10.2. The average molecular weight is 381 g/mol. The first-order valence-electron chi connectivity index (χ1n) is 6.69. The maximum atomic E-state index is 12.0. The fraction of sp³-hybridized carbons (Fsp3) is 0.200. The maximum absolute atomic E-state index is 12.0. The Bertz CT molecular complexity index is 673. The summed E-state index contributed by atoms with van der Waals surface area (Å²) in [7, 11) is 0. The highest BCUT2D eigenvalue weighted by atomic mass is 79.9. The third-order valence-corrected chi connectivity index (χ3v) is 4.66. The van der Waals surface area contributed by atoms with Crippen molar-refractivity contribution in [3.63, 3.8) is 0 Å². The van der Waals surface area contributed by atoms with Crippen LogP contribution in [0.2, 0.25) is 0 Å². The minimum Gasteiger partial charge on any atom is -0.442 e. The third kappa shape index (κ3) is 3.31. The predicted molar refractivity (Wildman–Crippen MR) is 88.4 cm³/mol. The number of nitrogens with zero attached hydrogens (tertiary/aromatic N) is 1. The van der Waals surface area contributed by atoms with E-state index in [9.17, 15) is 9.59 Å². The number of anilines is 1. The van der Waals surface area contributed by atoms with E-state index in [0.29, 0.717) is 18.7 Å². The molecule has 0 spiro atoms. The number of hydrogen-bond donors (Lipinski definition) is 1. The van der Waals surface area contributed by atoms with Crippen molar-refractivity contribution in [1.82, 2.24) is 5.32 Å². The molecule has 7 heteroatoms. The number of rotatable bonds is 4. The van der Waals surface area contributed by atoms with Gasteiger partial charge in [-0.05, 0) is 41.8 Å². The minimum atomic E-state index is -0.370. The van der Waals surface area contributed by atoms with Crippen LogP contribution < -0.4 is 10.2 Å². The van der Waals surface area contributed by atoms with E-state index in [4.69, 9.17) is 4.74 Å². The molecule has 3 rings (SSSR count). The molecule has 1 N–H and O–H groups in total. The van der Waals surface area contributed by atoms with E-state index in [-0.39, 0.29) is 18.1 Å². The monoisotopic (exact) mass is 380 g/mol. The molecule has 0 aliphatic carbocycles. The van der Waals surface area contributed by atoms with E-state index in [1.807, 2.05) is 29.6 Å². The zero-order valence-electron chi connectivity index (χ0n) is 11.5. The second-order valence-corrected chi connectivity index (χ2v) is 6.63. The Labute approximate surface area is 140 Å². The minimum absolute atomic E-state index is 0.182. The van der Waals surface area contributed by atoms with Crippen molar-refractivity contribution in [2.45, 2.75) is 6.10 Å². The molecule has 2 aromatic rings. The van der Waals surface area contributed by atoms with Crippen LogP contribution in [0.4, 0.5) is 9.80 Å². The van der Waals surface area contributed by atoms with Crippen molar-refractivity contribution >= 4 is 44.3 Å². The van der Waals surface area contributed by atoms with Gasteiger partial charge in [0.2, 0.25) is 0 Å². The first kappa shape index (κ1) is 15.1. The Kier molecular flexibility index (Phi) is 4.44. The van der Waals surface area contributed by atoms with E-state index in [1.165, 1.54) is 11.3 Å². The van der Waals surface area contributed by atoms with Crippen LogP contribution in [0.3, 0.4) is 0 Å². The zero-order chi connectivity index (χ0) is 15.5. The van der Waals surface area contributed by atoms with Crippen molar-refractivity contribution in [3.05, 3.63) is 51.8 Å². The van der Waals surface area contributed by atoms with Gasteiger partial charge in [0, 0.05) is 10.0 Å². The smallest absolute Gasteiger partial charge is 0.415 e. The maximum Gasteiger partial charge on any atom is 0.415 e. The highest BCUT2D eigenvalue weighted by molar-refractivity contribution is 9.10. The van der Waals surface area contributed by atoms with Crippen LogP contribution in [0.1, 0.15) is 10.4 Å². The topological polar surface area (TPSA) is 58.6 Å². The van der Waals surface area contributed by atoms with Gasteiger partial charge in [0.25, 0.3) is 5.91 Å². The number of amides is 2. The molecule has 1 aromatic carbocycles. The molecule has 1 aromatic heterocycles. The van der Waals surface area contributed by atoms with E-state index in [0.717, 1.165) is 9.47 Å². The first-order valence-corrected chi connectivity index (χ1v) is 8.36. The fourth-order valence-electron chi connectivity index (χ4n) is 2.14. The molecule has 0 saturated carbocycles. The number of thiophene rings is 1. The molecular formula is C15H13BrN2O3S. The van der Waals surface area contributed by atoms with E-state index < -0.39 is 0 Å². The lowest BCUT2D eigenvalue weighted by molar-refractivity contribution is 0.0916. The quantitative estimate of drug-likeness (QED) is 0.885. The number of benzene rings is 1. The standard InChI is InChI=1S/C15H13BrN2O3S/c16-11-5-3-10(4-6-11)14(19)17-8-12-9-18(15(20)21-12)13-2-1-7-22-13/h1-7,12H,8-9H2,(H,17,19). The second-order valence-electron chi connectivity index (χ2n) is 4.78. The summed E-state index contributed by atoms with van der Waals surface area (Å²) in [5.41, 5.74) is 0.572. The molecule has 1 aliphatic heterocycles. The molecular weight excluding hydrogens is 368 g/mol. The lowest BCUT2D eigenvalue weighted by Crippen LogP contribution is -2.34. The van der Waals surface area contributed by atoms with Crippen LogP contribution in [0.5, 0.6) is 0 Å². The normalized spacial score (nSPS) is 17.4. The van der Waals surface area contributed by atoms with E-state index >= 15 is 0 Å². The summed E-state index contributed by atoms with van der Waals surface area (Å²) in [6.45, 7) is 0.739. The number of nitrogens with one attached hydrogen (secondary N) is 1. The average Bonchev–Trinajstić information content (AvgIpc) is 3.14. The number of ether oxygens (including phenoxy) is 1. The Hall–Kier alpha value is -1.86. The SMILES string of the molecule is O=C(NCC1CN(c2cccs2)C(=O)O1)c1ccc(Br)cc1. The van der Waals surface area contributed by atoms with Gasteiger partial charge in [-0.2, -0.15) is 0 Å². The lowest BCUT2D eigenvalue weighted by Gasteiger charge is -2.11. The van der Waals surface area contributed by atoms with Crippen molar-refractivity contribution in [3.8, 4) is 0 Å². The number of carbonyl (C=O) groups is 2. The van der Waals surface area contributed by atoms with Crippen molar-refractivity contribution in [1.29, 1.82) is 0 Å². The summed E-state index contributed by atoms with van der Waals surface area (Å²) < 4.78 is 6.19. The van der Waals surface area contributed by atoms with Crippen LogP contribution in [-0.2, 0) is 4.74 Å². The van der Waals surface area contributed by atoms with Gasteiger partial charge in [-0.25, -0.2) is 4.79 Å². The van der Waals surface area contributed by atoms with Gasteiger partial charge in [-0.15, -0.1) is 11.3 Å². The summed E-state index contributed by atoms with van der Waals surface area (Å²) in [5.74, 6) is -0.182. The molecule has 1 fully saturated rings. The molecule has 1 aliphatic rings. The largest absolute Gasteiger partial charge is 0.442 e. The number of halogens is 1. The van der Waals surface area contributed by atoms with Crippen molar-refractivity contribution < 1.29 is 14.3 Å². The Morgan fingerprint density at radius 3 is 2.82 bits per heavy atom. The molecule has 0 radical (unpaired) electrons. The highest BCUT2D eigenvalue weighted by Gasteiger charge is 2.32. The van der Waals surface area contributed by atoms with Crippen LogP contribution >= 0.6 is 27.3 Å². The zero-order valence-corrected chi connectivity index (χ0v) is 13.9. The second kappa shape index (κ2) is 6.50. The summed E-state index contributed by atoms with van der Waals surface area (Å²) in [6, 6.07) is 10.8. The molecule has 5 nitrogen and oxygen atoms in total. The Morgan fingerprint density at radius 2 is 2.14 bits per heavy atom. The molecule has 2 amide bonds. The molecule has 1 saturated heterocycles. The van der Waals surface area contributed by atoms with Crippen LogP contribution in [0.15, 0.2) is 46.3 Å². The van der Waals surface area contributed by atoms with Crippen LogP contribution in [0, 0.1) is 0 Å². The number of cyclic esters (lactones) is 1. The van der Waals surface area contributed by atoms with Crippen molar-refractivity contribution in [2.75, 3.05) is 18.0 Å². The van der Waals surface area contributed by atoms with Crippen molar-refractivity contribution in [2.24, 2.45) is 0 Å². The predicted octanol–water partition coefficient (Wildman–Crippen LogP) is 3.27.